The molecule has 0 N–H and O–H groups in total. The molecule has 0 aromatic heterocycles. The predicted octanol–water partition coefficient (Wildman–Crippen LogP) is 4.94. The third-order valence-corrected chi connectivity index (χ3v) is 5.94. The fraction of sp³-hybridized carbons (Fsp3) is 0.480. The number of nitrogens with zero attached hydrogens (tertiary/aromatic N) is 1. The topological polar surface area (TPSA) is 48.0 Å². The molecule has 6 heteroatoms. The SMILES string of the molecule is CCN(CCCCOC(=O)c1ccc(OC)c(OC)c1)C1CCc2ccccc2C1.Cl. The van der Waals surface area contributed by atoms with Crippen molar-refractivity contribution in [2.75, 3.05) is 33.9 Å². The van der Waals surface area contributed by atoms with Crippen LogP contribution in [0.5, 0.6) is 11.5 Å². The van der Waals surface area contributed by atoms with Crippen molar-refractivity contribution in [1.29, 1.82) is 0 Å². The number of ether oxygens (including phenoxy) is 3. The van der Waals surface area contributed by atoms with Crippen LogP contribution in [-0.4, -0.2) is 50.8 Å². The summed E-state index contributed by atoms with van der Waals surface area (Å²) in [5, 5.41) is 0. The Kier molecular flexibility index (Phi) is 10.2. The number of fused-ring (bicyclic) bond motifs is 1. The number of methoxy groups -OCH3 is 2. The first kappa shape index (κ1) is 25.0. The van der Waals surface area contributed by atoms with Gasteiger partial charge in [-0.15, -0.1) is 12.4 Å². The van der Waals surface area contributed by atoms with Crippen LogP contribution in [0.15, 0.2) is 42.5 Å². The summed E-state index contributed by atoms with van der Waals surface area (Å²) in [5.41, 5.74) is 3.48. The molecule has 0 saturated heterocycles. The number of esters is 1. The van der Waals surface area contributed by atoms with Gasteiger partial charge in [0.1, 0.15) is 0 Å². The van der Waals surface area contributed by atoms with Gasteiger partial charge in [-0.25, -0.2) is 4.79 Å². The second-order valence-electron chi connectivity index (χ2n) is 7.71. The zero-order valence-corrected chi connectivity index (χ0v) is 19.6. The molecule has 1 atom stereocenters. The average molecular weight is 448 g/mol. The standard InChI is InChI=1S/C25H33NO4.ClH/c1-4-26(22-13-11-19-9-5-6-10-20(19)17-22)15-7-8-16-30-25(27)21-12-14-23(28-2)24(18-21)29-3;/h5-6,9-10,12,14,18,22H,4,7-8,11,13,15-17H2,1-3H3;1H. The Morgan fingerprint density at radius 1 is 1.03 bits per heavy atom. The molecule has 3 rings (SSSR count). The van der Waals surface area contributed by atoms with E-state index < -0.39 is 0 Å². The van der Waals surface area contributed by atoms with Crippen LogP contribution in [0.2, 0.25) is 0 Å². The van der Waals surface area contributed by atoms with E-state index in [1.54, 1.807) is 32.4 Å². The van der Waals surface area contributed by atoms with Gasteiger partial charge in [-0.2, -0.15) is 0 Å². The molecule has 0 amide bonds. The maximum absolute atomic E-state index is 12.3. The van der Waals surface area contributed by atoms with Gasteiger partial charge in [0.2, 0.25) is 0 Å². The number of hydrogen-bond donors (Lipinski definition) is 0. The third kappa shape index (κ3) is 6.62. The van der Waals surface area contributed by atoms with Crippen molar-refractivity contribution in [3.8, 4) is 11.5 Å². The molecule has 31 heavy (non-hydrogen) atoms. The van der Waals surface area contributed by atoms with Crippen molar-refractivity contribution in [3.05, 3.63) is 59.2 Å². The number of unbranched alkanes of at least 4 members (excludes halogenated alkanes) is 1. The Morgan fingerprint density at radius 2 is 1.77 bits per heavy atom. The summed E-state index contributed by atoms with van der Waals surface area (Å²) in [6, 6.07) is 14.5. The normalized spacial score (nSPS) is 15.0. The quantitative estimate of drug-likeness (QED) is 0.381. The molecule has 0 bridgehead atoms. The van der Waals surface area contributed by atoms with E-state index in [1.807, 2.05) is 0 Å². The summed E-state index contributed by atoms with van der Waals surface area (Å²) < 4.78 is 15.9. The highest BCUT2D eigenvalue weighted by molar-refractivity contribution is 5.90. The first-order valence-electron chi connectivity index (χ1n) is 10.9. The smallest absolute Gasteiger partial charge is 0.338 e. The lowest BCUT2D eigenvalue weighted by atomic mass is 9.87. The van der Waals surface area contributed by atoms with Gasteiger partial charge in [0.25, 0.3) is 0 Å². The van der Waals surface area contributed by atoms with Crippen molar-refractivity contribution in [2.24, 2.45) is 0 Å². The van der Waals surface area contributed by atoms with Crippen LogP contribution in [0.1, 0.15) is 47.7 Å². The van der Waals surface area contributed by atoms with Crippen LogP contribution in [0.3, 0.4) is 0 Å². The van der Waals surface area contributed by atoms with Crippen molar-refractivity contribution in [1.82, 2.24) is 4.90 Å². The molecule has 5 nitrogen and oxygen atoms in total. The highest BCUT2D eigenvalue weighted by Gasteiger charge is 2.22. The van der Waals surface area contributed by atoms with Crippen LogP contribution in [0, 0.1) is 0 Å². The number of benzene rings is 2. The largest absolute Gasteiger partial charge is 0.493 e. The average Bonchev–Trinajstić information content (AvgIpc) is 2.80. The van der Waals surface area contributed by atoms with Gasteiger partial charge in [-0.05, 0) is 74.5 Å². The van der Waals surface area contributed by atoms with E-state index in [2.05, 4.69) is 36.1 Å². The molecule has 0 aliphatic heterocycles. The highest BCUT2D eigenvalue weighted by atomic mass is 35.5. The van der Waals surface area contributed by atoms with E-state index in [0.717, 1.165) is 32.4 Å². The van der Waals surface area contributed by atoms with Crippen LogP contribution in [-0.2, 0) is 17.6 Å². The fourth-order valence-corrected chi connectivity index (χ4v) is 4.22. The molecule has 170 valence electrons. The van der Waals surface area contributed by atoms with Gasteiger partial charge < -0.3 is 19.1 Å². The molecule has 0 radical (unpaired) electrons. The molecule has 2 aromatic carbocycles. The summed E-state index contributed by atoms with van der Waals surface area (Å²) in [7, 11) is 3.12. The number of rotatable bonds is 10. The Hall–Kier alpha value is -2.24. The van der Waals surface area contributed by atoms with Crippen LogP contribution in [0.4, 0.5) is 0 Å². The molecule has 1 aliphatic rings. The molecule has 0 fully saturated rings. The number of carbonyl (C=O) groups excluding carboxylic acids is 1. The second kappa shape index (κ2) is 12.6. The zero-order valence-electron chi connectivity index (χ0n) is 18.8. The lowest BCUT2D eigenvalue weighted by molar-refractivity contribution is 0.0492. The first-order valence-corrected chi connectivity index (χ1v) is 10.9. The number of carbonyl (C=O) groups is 1. The summed E-state index contributed by atoms with van der Waals surface area (Å²) in [4.78, 5) is 14.9. The summed E-state index contributed by atoms with van der Waals surface area (Å²) >= 11 is 0. The summed E-state index contributed by atoms with van der Waals surface area (Å²) in [5.74, 6) is 0.797. The Morgan fingerprint density at radius 3 is 2.48 bits per heavy atom. The molecule has 1 aliphatic carbocycles. The molecule has 0 heterocycles. The van der Waals surface area contributed by atoms with E-state index in [4.69, 9.17) is 14.2 Å². The van der Waals surface area contributed by atoms with Crippen LogP contribution >= 0.6 is 12.4 Å². The summed E-state index contributed by atoms with van der Waals surface area (Å²) in [6.07, 6.45) is 5.40. The minimum Gasteiger partial charge on any atom is -0.493 e. The summed E-state index contributed by atoms with van der Waals surface area (Å²) in [6.45, 7) is 4.76. The fourth-order valence-electron chi connectivity index (χ4n) is 4.22. The number of hydrogen-bond acceptors (Lipinski definition) is 5. The zero-order chi connectivity index (χ0) is 21.3. The van der Waals surface area contributed by atoms with Gasteiger partial charge in [-0.1, -0.05) is 31.2 Å². The van der Waals surface area contributed by atoms with Crippen molar-refractivity contribution in [2.45, 2.75) is 45.1 Å². The number of halogens is 1. The van der Waals surface area contributed by atoms with Gasteiger partial charge in [0.15, 0.2) is 11.5 Å². The number of aryl methyl sites for hydroxylation is 1. The van der Waals surface area contributed by atoms with Crippen molar-refractivity contribution >= 4 is 18.4 Å². The van der Waals surface area contributed by atoms with Gasteiger partial charge >= 0.3 is 5.97 Å². The lowest BCUT2D eigenvalue weighted by Gasteiger charge is -2.34. The number of likely N-dealkylation sites (N-methyl/N-ethyl adjacent to an activating group) is 1. The van der Waals surface area contributed by atoms with Crippen LogP contribution in [0.25, 0.3) is 0 Å². The molecule has 2 aromatic rings. The Labute approximate surface area is 192 Å². The third-order valence-electron chi connectivity index (χ3n) is 5.94. The first-order chi connectivity index (χ1) is 14.7. The minimum absolute atomic E-state index is 0. The van der Waals surface area contributed by atoms with Crippen molar-refractivity contribution < 1.29 is 19.0 Å². The van der Waals surface area contributed by atoms with Crippen molar-refractivity contribution in [3.63, 3.8) is 0 Å². The maximum Gasteiger partial charge on any atom is 0.338 e. The maximum atomic E-state index is 12.3. The molecular weight excluding hydrogens is 414 g/mol. The lowest BCUT2D eigenvalue weighted by Crippen LogP contribution is -2.39. The predicted molar refractivity (Wildman–Crippen MR) is 126 cm³/mol. The van der Waals surface area contributed by atoms with Gasteiger partial charge in [0, 0.05) is 6.04 Å². The molecule has 0 spiro atoms. The van der Waals surface area contributed by atoms with Crippen LogP contribution < -0.4 is 9.47 Å². The van der Waals surface area contributed by atoms with E-state index in [0.29, 0.717) is 29.7 Å². The minimum atomic E-state index is -0.327. The van der Waals surface area contributed by atoms with Gasteiger partial charge in [-0.3, -0.25) is 0 Å². The van der Waals surface area contributed by atoms with Gasteiger partial charge in [0.05, 0.1) is 26.4 Å². The van der Waals surface area contributed by atoms with E-state index in [-0.39, 0.29) is 18.4 Å². The Balaban J connectivity index is 0.00000341. The second-order valence-corrected chi connectivity index (χ2v) is 7.71. The monoisotopic (exact) mass is 447 g/mol. The molecule has 0 saturated carbocycles. The Bertz CT molecular complexity index is 842. The van der Waals surface area contributed by atoms with E-state index in [1.165, 1.54) is 24.0 Å². The molecule has 1 unspecified atom stereocenters. The van der Waals surface area contributed by atoms with E-state index in [9.17, 15) is 4.79 Å². The molecular formula is C25H34ClNO4. The highest BCUT2D eigenvalue weighted by Crippen LogP contribution is 2.28. The van der Waals surface area contributed by atoms with E-state index >= 15 is 0 Å².